The monoisotopic (exact) mass is 286 g/mol. The van der Waals surface area contributed by atoms with Crippen LogP contribution >= 0.6 is 0 Å². The zero-order chi connectivity index (χ0) is 15.0. The smallest absolute Gasteiger partial charge is 0.268 e. The number of nitrogens with one attached hydrogen (secondary N) is 3. The lowest BCUT2D eigenvalue weighted by atomic mass is 9.91. The van der Waals surface area contributed by atoms with E-state index in [0.29, 0.717) is 11.3 Å². The first-order valence-electron chi connectivity index (χ1n) is 6.53. The lowest BCUT2D eigenvalue weighted by molar-refractivity contribution is -0.481. The van der Waals surface area contributed by atoms with Crippen LogP contribution in [0.2, 0.25) is 0 Å². The van der Waals surface area contributed by atoms with Gasteiger partial charge in [-0.25, -0.2) is 0 Å². The van der Waals surface area contributed by atoms with Crippen molar-refractivity contribution >= 4 is 10.9 Å². The molecule has 0 amide bonds. The lowest BCUT2D eigenvalue weighted by Crippen LogP contribution is -2.20. The van der Waals surface area contributed by atoms with Gasteiger partial charge in [-0.1, -0.05) is 18.2 Å². The van der Waals surface area contributed by atoms with Crippen LogP contribution in [0.15, 0.2) is 35.3 Å². The van der Waals surface area contributed by atoms with Crippen LogP contribution in [0, 0.1) is 17.0 Å². The molecular weight excluding hydrogens is 272 g/mol. The van der Waals surface area contributed by atoms with E-state index in [0.717, 1.165) is 16.5 Å². The van der Waals surface area contributed by atoms with Crippen LogP contribution in [0.4, 0.5) is 0 Å². The second-order valence-electron chi connectivity index (χ2n) is 4.98. The fourth-order valence-electron chi connectivity index (χ4n) is 2.75. The summed E-state index contributed by atoms with van der Waals surface area (Å²) in [6.07, 6.45) is 1.74. The van der Waals surface area contributed by atoms with Crippen molar-refractivity contribution in [2.24, 2.45) is 0 Å². The molecule has 7 nitrogen and oxygen atoms in total. The summed E-state index contributed by atoms with van der Waals surface area (Å²) in [4.78, 5) is 25.7. The summed E-state index contributed by atoms with van der Waals surface area (Å²) in [5.41, 5.74) is 2.37. The molecule has 2 aromatic heterocycles. The van der Waals surface area contributed by atoms with Gasteiger partial charge in [-0.2, -0.15) is 0 Å². The molecule has 1 unspecified atom stereocenters. The van der Waals surface area contributed by atoms with Crippen molar-refractivity contribution in [3.8, 4) is 0 Å². The number of rotatable bonds is 4. The second-order valence-corrected chi connectivity index (χ2v) is 4.98. The van der Waals surface area contributed by atoms with Crippen LogP contribution in [0.1, 0.15) is 22.7 Å². The Morgan fingerprint density at radius 2 is 2.05 bits per heavy atom. The largest absolute Gasteiger partial charge is 0.361 e. The first-order chi connectivity index (χ1) is 10.1. The van der Waals surface area contributed by atoms with Gasteiger partial charge in [0.25, 0.3) is 5.56 Å². The van der Waals surface area contributed by atoms with Crippen molar-refractivity contribution in [2.45, 2.75) is 12.8 Å². The molecule has 7 heteroatoms. The lowest BCUT2D eigenvalue weighted by Gasteiger charge is -2.11. The van der Waals surface area contributed by atoms with Gasteiger partial charge in [-0.05, 0) is 18.6 Å². The number of H-pyrrole nitrogens is 3. The summed E-state index contributed by atoms with van der Waals surface area (Å²) in [5, 5.41) is 17.1. The predicted molar refractivity (Wildman–Crippen MR) is 78.2 cm³/mol. The maximum atomic E-state index is 12.0. The van der Waals surface area contributed by atoms with Crippen molar-refractivity contribution in [1.82, 2.24) is 15.2 Å². The molecule has 0 fully saturated rings. The Labute approximate surface area is 119 Å². The molecule has 1 atom stereocenters. The SMILES string of the molecule is Cc1[nH][nH]c(=O)c1C(C[N+](=O)[O-])c1c[nH]c2ccccc12. The van der Waals surface area contributed by atoms with E-state index in [4.69, 9.17) is 0 Å². The quantitative estimate of drug-likeness (QED) is 0.503. The summed E-state index contributed by atoms with van der Waals surface area (Å²) in [6, 6.07) is 7.55. The Morgan fingerprint density at radius 3 is 2.71 bits per heavy atom. The highest BCUT2D eigenvalue weighted by atomic mass is 16.6. The standard InChI is InChI=1S/C14H14N4O3/c1-8-13(14(19)17-16-8)11(7-18(20)21)10-6-15-12-5-3-2-4-9(10)12/h2-6,11,15H,7H2,1H3,(H2,16,17,19). The fourth-order valence-corrected chi connectivity index (χ4v) is 2.75. The molecule has 0 bridgehead atoms. The van der Waals surface area contributed by atoms with Crippen LogP contribution in [0.5, 0.6) is 0 Å². The Morgan fingerprint density at radius 1 is 1.29 bits per heavy atom. The maximum absolute atomic E-state index is 12.0. The molecule has 3 aromatic rings. The van der Waals surface area contributed by atoms with Gasteiger partial charge < -0.3 is 10.1 Å². The first kappa shape index (κ1) is 13.2. The minimum Gasteiger partial charge on any atom is -0.361 e. The van der Waals surface area contributed by atoms with Gasteiger partial charge in [0.2, 0.25) is 6.54 Å². The highest BCUT2D eigenvalue weighted by Crippen LogP contribution is 2.30. The molecule has 3 rings (SSSR count). The number of nitro groups is 1. The summed E-state index contributed by atoms with van der Waals surface area (Å²) in [6.45, 7) is 1.40. The van der Waals surface area contributed by atoms with E-state index in [1.165, 1.54) is 0 Å². The Bertz CT molecular complexity index is 858. The van der Waals surface area contributed by atoms with Crippen molar-refractivity contribution < 1.29 is 4.92 Å². The zero-order valence-corrected chi connectivity index (χ0v) is 11.3. The molecule has 0 spiro atoms. The topological polar surface area (TPSA) is 108 Å². The Kier molecular flexibility index (Phi) is 3.09. The number of aromatic nitrogens is 3. The molecule has 0 saturated heterocycles. The molecule has 108 valence electrons. The van der Waals surface area contributed by atoms with Gasteiger partial charge in [0.1, 0.15) is 0 Å². The summed E-state index contributed by atoms with van der Waals surface area (Å²) in [5.74, 6) is -0.592. The van der Waals surface area contributed by atoms with E-state index in [2.05, 4.69) is 15.2 Å². The van der Waals surface area contributed by atoms with Crippen LogP contribution in [0.25, 0.3) is 10.9 Å². The van der Waals surface area contributed by atoms with Gasteiger partial charge in [0.15, 0.2) is 0 Å². The molecule has 0 aliphatic heterocycles. The number of aromatic amines is 3. The van der Waals surface area contributed by atoms with E-state index in [1.807, 2.05) is 24.3 Å². The van der Waals surface area contributed by atoms with Gasteiger partial charge in [-0.15, -0.1) is 0 Å². The second kappa shape index (κ2) is 4.93. The van der Waals surface area contributed by atoms with Crippen LogP contribution in [-0.4, -0.2) is 26.6 Å². The predicted octanol–water partition coefficient (Wildman–Crippen LogP) is 1.90. The summed E-state index contributed by atoms with van der Waals surface area (Å²) < 4.78 is 0. The van der Waals surface area contributed by atoms with Crippen molar-refractivity contribution in [3.05, 3.63) is 67.8 Å². The van der Waals surface area contributed by atoms with Gasteiger partial charge in [0.05, 0.1) is 11.5 Å². The molecule has 21 heavy (non-hydrogen) atoms. The van der Waals surface area contributed by atoms with Crippen molar-refractivity contribution in [1.29, 1.82) is 0 Å². The molecular formula is C14H14N4O3. The highest BCUT2D eigenvalue weighted by molar-refractivity contribution is 5.84. The van der Waals surface area contributed by atoms with E-state index < -0.39 is 10.8 Å². The average Bonchev–Trinajstić information content (AvgIpc) is 3.01. The van der Waals surface area contributed by atoms with Crippen LogP contribution in [-0.2, 0) is 0 Å². The van der Waals surface area contributed by atoms with Crippen molar-refractivity contribution in [2.75, 3.05) is 6.54 Å². The van der Waals surface area contributed by atoms with Crippen molar-refractivity contribution in [3.63, 3.8) is 0 Å². The van der Waals surface area contributed by atoms with Gasteiger partial charge in [-0.3, -0.25) is 20.0 Å². The highest BCUT2D eigenvalue weighted by Gasteiger charge is 2.28. The average molecular weight is 286 g/mol. The van der Waals surface area contributed by atoms with E-state index in [-0.39, 0.29) is 12.1 Å². The first-order valence-corrected chi connectivity index (χ1v) is 6.53. The zero-order valence-electron chi connectivity index (χ0n) is 11.3. The molecule has 1 aromatic carbocycles. The van der Waals surface area contributed by atoms with Gasteiger partial charge in [0, 0.05) is 27.7 Å². The third-order valence-electron chi connectivity index (χ3n) is 3.69. The van der Waals surface area contributed by atoms with E-state index in [9.17, 15) is 14.9 Å². The Balaban J connectivity index is 2.21. The number of nitrogens with zero attached hydrogens (tertiary/aromatic N) is 1. The number of fused-ring (bicyclic) bond motifs is 1. The Hall–Kier alpha value is -2.83. The number of benzene rings is 1. The fraction of sp³-hybridized carbons (Fsp3) is 0.214. The number of hydrogen-bond acceptors (Lipinski definition) is 3. The summed E-state index contributed by atoms with van der Waals surface area (Å²) >= 11 is 0. The third kappa shape index (κ3) is 2.22. The number of para-hydroxylation sites is 1. The summed E-state index contributed by atoms with van der Waals surface area (Å²) in [7, 11) is 0. The molecule has 0 aliphatic carbocycles. The maximum Gasteiger partial charge on any atom is 0.268 e. The number of hydrogen-bond donors (Lipinski definition) is 3. The normalized spacial score (nSPS) is 12.6. The molecule has 2 heterocycles. The molecule has 0 radical (unpaired) electrons. The van der Waals surface area contributed by atoms with E-state index in [1.54, 1.807) is 13.1 Å². The molecule has 0 aliphatic rings. The van der Waals surface area contributed by atoms with Gasteiger partial charge >= 0.3 is 0 Å². The molecule has 0 saturated carbocycles. The van der Waals surface area contributed by atoms with E-state index >= 15 is 0 Å². The minimum absolute atomic E-state index is 0.315. The molecule has 3 N–H and O–H groups in total. The van der Waals surface area contributed by atoms with Crippen LogP contribution in [0.3, 0.4) is 0 Å². The third-order valence-corrected chi connectivity index (χ3v) is 3.69. The number of aryl methyl sites for hydroxylation is 1. The minimum atomic E-state index is -0.592. The van der Waals surface area contributed by atoms with Crippen LogP contribution < -0.4 is 5.56 Å².